The Hall–Kier alpha value is -0.920. The zero-order valence-corrected chi connectivity index (χ0v) is 13.2. The third kappa shape index (κ3) is 4.29. The minimum absolute atomic E-state index is 0.0356. The fourth-order valence-electron chi connectivity index (χ4n) is 1.63. The highest BCUT2D eigenvalue weighted by molar-refractivity contribution is 9.10. The molecule has 0 aliphatic heterocycles. The molecule has 1 amide bonds. The molecule has 0 radical (unpaired) electrons. The minimum Gasteiger partial charge on any atom is -0.349 e. The summed E-state index contributed by atoms with van der Waals surface area (Å²) in [5.74, 6) is -0.227. The van der Waals surface area contributed by atoms with Crippen molar-refractivity contribution >= 4 is 31.9 Å². The monoisotopic (exact) mass is 348 g/mol. The highest BCUT2D eigenvalue weighted by atomic mass is 79.9. The van der Waals surface area contributed by atoms with Crippen molar-refractivity contribution in [3.8, 4) is 0 Å². The van der Waals surface area contributed by atoms with Crippen molar-refractivity contribution in [1.29, 1.82) is 0 Å². The van der Waals surface area contributed by atoms with Gasteiger partial charge in [0.25, 0.3) is 5.91 Å². The van der Waals surface area contributed by atoms with E-state index in [2.05, 4.69) is 21.2 Å². The maximum absolute atomic E-state index is 12.0. The van der Waals surface area contributed by atoms with Crippen LogP contribution in [0.3, 0.4) is 0 Å². The van der Waals surface area contributed by atoms with E-state index >= 15 is 0 Å². The number of hydrogen-bond donors (Lipinski definition) is 2. The van der Waals surface area contributed by atoms with Gasteiger partial charge in [0, 0.05) is 16.1 Å². The molecule has 1 rings (SSSR count). The molecule has 19 heavy (non-hydrogen) atoms. The number of benzene rings is 1. The maximum atomic E-state index is 12.0. The fraction of sp³-hybridized carbons (Fsp3) is 0.417. The van der Waals surface area contributed by atoms with E-state index in [9.17, 15) is 13.2 Å². The summed E-state index contributed by atoms with van der Waals surface area (Å²) in [5.41, 5.74) is 0.395. The Bertz CT molecular complexity index is 568. The first-order valence-electron chi connectivity index (χ1n) is 5.92. The Morgan fingerprint density at radius 2 is 1.95 bits per heavy atom. The first-order chi connectivity index (χ1) is 8.79. The first kappa shape index (κ1) is 16.1. The average molecular weight is 349 g/mol. The molecule has 0 aliphatic rings. The van der Waals surface area contributed by atoms with E-state index in [1.165, 1.54) is 18.2 Å². The van der Waals surface area contributed by atoms with Crippen LogP contribution < -0.4 is 10.5 Å². The van der Waals surface area contributed by atoms with E-state index in [1.807, 2.05) is 13.8 Å². The largest absolute Gasteiger partial charge is 0.349 e. The van der Waals surface area contributed by atoms with E-state index in [1.54, 1.807) is 0 Å². The number of hydrogen-bond acceptors (Lipinski definition) is 3. The first-order valence-corrected chi connectivity index (χ1v) is 8.26. The molecule has 0 atom stereocenters. The molecular weight excluding hydrogens is 332 g/mol. The zero-order valence-electron chi connectivity index (χ0n) is 10.8. The average Bonchev–Trinajstić information content (AvgIpc) is 2.33. The highest BCUT2D eigenvalue weighted by Crippen LogP contribution is 2.22. The van der Waals surface area contributed by atoms with Crippen molar-refractivity contribution in [3.63, 3.8) is 0 Å². The molecule has 3 N–H and O–H groups in total. The number of halogens is 1. The molecule has 1 aromatic rings. The molecule has 7 heteroatoms. The lowest BCUT2D eigenvalue weighted by atomic mass is 10.1. The summed E-state index contributed by atoms with van der Waals surface area (Å²) in [5, 5.41) is 7.93. The molecule has 0 fully saturated rings. The molecule has 0 spiro atoms. The van der Waals surface area contributed by atoms with Crippen molar-refractivity contribution in [2.45, 2.75) is 37.6 Å². The molecule has 0 bridgehead atoms. The number of carbonyl (C=O) groups is 1. The van der Waals surface area contributed by atoms with Crippen LogP contribution in [-0.2, 0) is 10.0 Å². The second-order valence-electron chi connectivity index (χ2n) is 4.18. The van der Waals surface area contributed by atoms with Crippen LogP contribution >= 0.6 is 15.9 Å². The molecule has 0 saturated carbocycles. The summed E-state index contributed by atoms with van der Waals surface area (Å²) < 4.78 is 22.8. The summed E-state index contributed by atoms with van der Waals surface area (Å²) >= 11 is 3.11. The van der Waals surface area contributed by atoms with E-state index in [4.69, 9.17) is 5.14 Å². The van der Waals surface area contributed by atoms with E-state index < -0.39 is 10.0 Å². The Balaban J connectivity index is 2.99. The van der Waals surface area contributed by atoms with Crippen molar-refractivity contribution in [2.75, 3.05) is 0 Å². The third-order valence-electron chi connectivity index (χ3n) is 2.82. The zero-order chi connectivity index (χ0) is 14.6. The molecule has 0 aromatic heterocycles. The highest BCUT2D eigenvalue weighted by Gasteiger charge is 2.16. The van der Waals surface area contributed by atoms with Gasteiger partial charge in [0.1, 0.15) is 0 Å². The van der Waals surface area contributed by atoms with Crippen LogP contribution in [0.25, 0.3) is 0 Å². The lowest BCUT2D eigenvalue weighted by Crippen LogP contribution is -2.33. The lowest BCUT2D eigenvalue weighted by Gasteiger charge is -2.15. The Labute approximate surface area is 121 Å². The van der Waals surface area contributed by atoms with Crippen LogP contribution in [0.15, 0.2) is 27.6 Å². The van der Waals surface area contributed by atoms with Crippen molar-refractivity contribution in [3.05, 3.63) is 28.2 Å². The van der Waals surface area contributed by atoms with Crippen LogP contribution in [0.2, 0.25) is 0 Å². The quantitative estimate of drug-likeness (QED) is 0.852. The van der Waals surface area contributed by atoms with Crippen LogP contribution in [0.1, 0.15) is 37.0 Å². The molecule has 0 heterocycles. The minimum atomic E-state index is -3.79. The van der Waals surface area contributed by atoms with Crippen LogP contribution in [-0.4, -0.2) is 20.4 Å². The van der Waals surface area contributed by atoms with Crippen LogP contribution in [0.4, 0.5) is 0 Å². The molecule has 106 valence electrons. The van der Waals surface area contributed by atoms with Gasteiger partial charge in [-0.05, 0) is 47.0 Å². The van der Waals surface area contributed by atoms with Crippen molar-refractivity contribution in [2.24, 2.45) is 5.14 Å². The van der Waals surface area contributed by atoms with Gasteiger partial charge in [0.2, 0.25) is 10.0 Å². The van der Waals surface area contributed by atoms with Gasteiger partial charge >= 0.3 is 0 Å². The van der Waals surface area contributed by atoms with Crippen molar-refractivity contribution < 1.29 is 13.2 Å². The molecule has 0 unspecified atom stereocenters. The van der Waals surface area contributed by atoms with Gasteiger partial charge in [-0.25, -0.2) is 13.6 Å². The van der Waals surface area contributed by atoms with E-state index in [-0.39, 0.29) is 21.3 Å². The lowest BCUT2D eigenvalue weighted by molar-refractivity contribution is 0.0934. The van der Waals surface area contributed by atoms with Gasteiger partial charge in [0.05, 0.1) is 4.90 Å². The Morgan fingerprint density at radius 1 is 1.37 bits per heavy atom. The van der Waals surface area contributed by atoms with Gasteiger partial charge in [-0.2, -0.15) is 0 Å². The molecule has 0 aliphatic carbocycles. The van der Waals surface area contributed by atoms with Gasteiger partial charge in [-0.1, -0.05) is 13.8 Å². The number of carbonyl (C=O) groups excluding carboxylic acids is 1. The number of primary sulfonamides is 1. The van der Waals surface area contributed by atoms with E-state index in [0.717, 1.165) is 12.8 Å². The standard InChI is InChI=1S/C12H17BrN2O3S/c1-3-9(4-2)15-12(16)8-5-6-11(10(13)7-8)19(14,17)18/h5-7,9H,3-4H2,1-2H3,(H,15,16)(H2,14,17,18). The predicted molar refractivity (Wildman–Crippen MR) is 77.4 cm³/mol. The topological polar surface area (TPSA) is 89.3 Å². The summed E-state index contributed by atoms with van der Waals surface area (Å²) in [7, 11) is -3.79. The molecule has 5 nitrogen and oxygen atoms in total. The Kier molecular flexibility index (Phi) is 5.51. The Morgan fingerprint density at radius 3 is 2.37 bits per heavy atom. The maximum Gasteiger partial charge on any atom is 0.251 e. The number of amides is 1. The number of rotatable bonds is 5. The molecular formula is C12H17BrN2O3S. The second kappa shape index (κ2) is 6.49. The van der Waals surface area contributed by atoms with E-state index in [0.29, 0.717) is 5.56 Å². The van der Waals surface area contributed by atoms with Crippen LogP contribution in [0.5, 0.6) is 0 Å². The summed E-state index contributed by atoms with van der Waals surface area (Å²) in [6.45, 7) is 3.99. The normalized spacial score (nSPS) is 11.6. The van der Waals surface area contributed by atoms with Gasteiger partial charge in [-0.15, -0.1) is 0 Å². The smallest absolute Gasteiger partial charge is 0.251 e. The SMILES string of the molecule is CCC(CC)NC(=O)c1ccc(S(N)(=O)=O)c(Br)c1. The fourth-order valence-corrected chi connectivity index (χ4v) is 3.28. The van der Waals surface area contributed by atoms with Gasteiger partial charge in [-0.3, -0.25) is 4.79 Å². The molecule has 0 saturated heterocycles. The summed E-state index contributed by atoms with van der Waals surface area (Å²) in [6.07, 6.45) is 1.69. The van der Waals surface area contributed by atoms with Gasteiger partial charge < -0.3 is 5.32 Å². The third-order valence-corrected chi connectivity index (χ3v) is 4.71. The number of nitrogens with one attached hydrogen (secondary N) is 1. The molecule has 1 aromatic carbocycles. The number of sulfonamides is 1. The predicted octanol–water partition coefficient (Wildman–Crippen LogP) is 2.01. The summed E-state index contributed by atoms with van der Waals surface area (Å²) in [6, 6.07) is 4.34. The van der Waals surface area contributed by atoms with Gasteiger partial charge in [0.15, 0.2) is 0 Å². The van der Waals surface area contributed by atoms with Crippen molar-refractivity contribution in [1.82, 2.24) is 5.32 Å². The second-order valence-corrected chi connectivity index (χ2v) is 6.56. The summed E-state index contributed by atoms with van der Waals surface area (Å²) in [4.78, 5) is 11.9. The van der Waals surface area contributed by atoms with Crippen LogP contribution in [0, 0.1) is 0 Å². The number of nitrogens with two attached hydrogens (primary N) is 1.